The van der Waals surface area contributed by atoms with Crippen LogP contribution in [0.3, 0.4) is 0 Å². The van der Waals surface area contributed by atoms with Gasteiger partial charge in [-0.15, -0.1) is 0 Å². The van der Waals surface area contributed by atoms with Gasteiger partial charge >= 0.3 is 0 Å². The van der Waals surface area contributed by atoms with Crippen LogP contribution in [-0.4, -0.2) is 31.3 Å². The van der Waals surface area contributed by atoms with Crippen molar-refractivity contribution < 1.29 is 4.74 Å². The van der Waals surface area contributed by atoms with Crippen LogP contribution < -0.4 is 4.90 Å². The Labute approximate surface area is 96.4 Å². The Morgan fingerprint density at radius 3 is 2.81 bits per heavy atom. The van der Waals surface area contributed by atoms with Crippen molar-refractivity contribution in [2.75, 3.05) is 31.2 Å². The molecule has 0 bridgehead atoms. The van der Waals surface area contributed by atoms with E-state index in [1.165, 1.54) is 36.2 Å². The van der Waals surface area contributed by atoms with Gasteiger partial charge in [0, 0.05) is 30.7 Å². The smallest absolute Gasteiger partial charge is 0.0642 e. The van der Waals surface area contributed by atoms with Gasteiger partial charge < -0.3 is 9.64 Å². The lowest BCUT2D eigenvalue weighted by molar-refractivity contribution is 0.122. The summed E-state index contributed by atoms with van der Waals surface area (Å²) >= 11 is 0. The summed E-state index contributed by atoms with van der Waals surface area (Å²) < 4.78 is 5.41. The van der Waals surface area contributed by atoms with E-state index in [0.29, 0.717) is 0 Å². The van der Waals surface area contributed by atoms with E-state index in [4.69, 9.17) is 4.74 Å². The maximum absolute atomic E-state index is 5.41. The van der Waals surface area contributed by atoms with Crippen LogP contribution in [0.15, 0.2) is 12.3 Å². The van der Waals surface area contributed by atoms with Crippen molar-refractivity contribution in [3.8, 4) is 0 Å². The molecule has 0 aromatic carbocycles. The van der Waals surface area contributed by atoms with Crippen molar-refractivity contribution in [3.05, 3.63) is 23.5 Å². The van der Waals surface area contributed by atoms with Crippen molar-refractivity contribution in [3.63, 3.8) is 0 Å². The zero-order chi connectivity index (χ0) is 10.8. The molecule has 0 atom stereocenters. The van der Waals surface area contributed by atoms with Gasteiger partial charge in [0.15, 0.2) is 0 Å². The van der Waals surface area contributed by atoms with Crippen LogP contribution >= 0.6 is 0 Å². The Morgan fingerprint density at radius 1 is 1.12 bits per heavy atom. The number of hydrogen-bond acceptors (Lipinski definition) is 3. The van der Waals surface area contributed by atoms with E-state index in [1.54, 1.807) is 0 Å². The van der Waals surface area contributed by atoms with Crippen LogP contribution in [0.25, 0.3) is 0 Å². The van der Waals surface area contributed by atoms with Crippen LogP contribution in [0.2, 0.25) is 0 Å². The SMILES string of the molecule is c1cc(N2CCOCC2)c2c(n1)CCCC2. The Hall–Kier alpha value is -1.09. The number of pyridine rings is 1. The summed E-state index contributed by atoms with van der Waals surface area (Å²) in [6.07, 6.45) is 6.95. The van der Waals surface area contributed by atoms with Gasteiger partial charge in [0.2, 0.25) is 0 Å². The van der Waals surface area contributed by atoms with Gasteiger partial charge in [0.1, 0.15) is 0 Å². The lowest BCUT2D eigenvalue weighted by Gasteiger charge is -2.32. The van der Waals surface area contributed by atoms with Crippen molar-refractivity contribution >= 4 is 5.69 Å². The molecule has 1 fully saturated rings. The number of aromatic nitrogens is 1. The van der Waals surface area contributed by atoms with Crippen LogP contribution in [-0.2, 0) is 17.6 Å². The zero-order valence-electron chi connectivity index (χ0n) is 9.61. The Bertz CT molecular complexity index is 372. The number of aryl methyl sites for hydroxylation is 1. The first-order chi connectivity index (χ1) is 7.95. The van der Waals surface area contributed by atoms with E-state index in [2.05, 4.69) is 16.0 Å². The summed E-state index contributed by atoms with van der Waals surface area (Å²) in [5.74, 6) is 0. The minimum absolute atomic E-state index is 0.858. The first-order valence-corrected chi connectivity index (χ1v) is 6.24. The van der Waals surface area contributed by atoms with Gasteiger partial charge in [-0.25, -0.2) is 0 Å². The molecule has 16 heavy (non-hydrogen) atoms. The minimum Gasteiger partial charge on any atom is -0.378 e. The third-order valence-electron chi connectivity index (χ3n) is 3.56. The quantitative estimate of drug-likeness (QED) is 0.718. The molecule has 0 unspecified atom stereocenters. The third-order valence-corrected chi connectivity index (χ3v) is 3.56. The van der Waals surface area contributed by atoms with Gasteiger partial charge in [-0.05, 0) is 37.3 Å². The molecule has 1 saturated heterocycles. The molecular formula is C13H18N2O. The lowest BCUT2D eigenvalue weighted by atomic mass is 9.94. The highest BCUT2D eigenvalue weighted by molar-refractivity contribution is 5.55. The largest absolute Gasteiger partial charge is 0.378 e. The van der Waals surface area contributed by atoms with Crippen LogP contribution in [0.1, 0.15) is 24.1 Å². The normalized spacial score (nSPS) is 20.6. The van der Waals surface area contributed by atoms with Gasteiger partial charge in [-0.1, -0.05) is 0 Å². The second kappa shape index (κ2) is 4.42. The van der Waals surface area contributed by atoms with Crippen molar-refractivity contribution in [2.24, 2.45) is 0 Å². The fraction of sp³-hybridized carbons (Fsp3) is 0.615. The monoisotopic (exact) mass is 218 g/mol. The molecule has 2 aliphatic rings. The van der Waals surface area contributed by atoms with Crippen LogP contribution in [0, 0.1) is 0 Å². The van der Waals surface area contributed by atoms with E-state index >= 15 is 0 Å². The number of morpholine rings is 1. The number of fused-ring (bicyclic) bond motifs is 1. The van der Waals surface area contributed by atoms with E-state index in [0.717, 1.165) is 32.7 Å². The molecule has 2 heterocycles. The summed E-state index contributed by atoms with van der Waals surface area (Å²) in [4.78, 5) is 6.97. The molecule has 3 heteroatoms. The number of rotatable bonds is 1. The van der Waals surface area contributed by atoms with Crippen LogP contribution in [0.4, 0.5) is 5.69 Å². The van der Waals surface area contributed by atoms with Crippen molar-refractivity contribution in [2.45, 2.75) is 25.7 Å². The predicted octanol–water partition coefficient (Wildman–Crippen LogP) is 1.80. The summed E-state index contributed by atoms with van der Waals surface area (Å²) in [7, 11) is 0. The molecule has 0 spiro atoms. The second-order valence-corrected chi connectivity index (χ2v) is 4.56. The van der Waals surface area contributed by atoms with E-state index in [9.17, 15) is 0 Å². The summed E-state index contributed by atoms with van der Waals surface area (Å²) in [6.45, 7) is 3.76. The molecular weight excluding hydrogens is 200 g/mol. The topological polar surface area (TPSA) is 25.4 Å². The predicted molar refractivity (Wildman–Crippen MR) is 63.9 cm³/mol. The number of anilines is 1. The lowest BCUT2D eigenvalue weighted by Crippen LogP contribution is -2.37. The standard InChI is InChI=1S/C13H18N2O/c1-2-4-12-11(3-1)13(5-6-14-12)15-7-9-16-10-8-15/h5-6H,1-4,7-10H2. The molecule has 0 amide bonds. The fourth-order valence-electron chi connectivity index (χ4n) is 2.71. The highest BCUT2D eigenvalue weighted by atomic mass is 16.5. The van der Waals surface area contributed by atoms with Gasteiger partial charge in [0.25, 0.3) is 0 Å². The first kappa shape index (κ1) is 10.1. The Kier molecular flexibility index (Phi) is 2.79. The third kappa shape index (κ3) is 1.80. The maximum atomic E-state index is 5.41. The van der Waals surface area contributed by atoms with Crippen molar-refractivity contribution in [1.82, 2.24) is 4.98 Å². The molecule has 0 saturated carbocycles. The maximum Gasteiger partial charge on any atom is 0.0642 e. The summed E-state index contributed by atoms with van der Waals surface area (Å²) in [6, 6.07) is 2.18. The summed E-state index contributed by atoms with van der Waals surface area (Å²) in [5.41, 5.74) is 4.24. The fourth-order valence-corrected chi connectivity index (χ4v) is 2.71. The molecule has 0 radical (unpaired) electrons. The highest BCUT2D eigenvalue weighted by Gasteiger charge is 2.19. The van der Waals surface area contributed by atoms with Gasteiger partial charge in [-0.3, -0.25) is 4.98 Å². The average Bonchev–Trinajstić information content (AvgIpc) is 2.39. The number of nitrogens with zero attached hydrogens (tertiary/aromatic N) is 2. The molecule has 1 aliphatic heterocycles. The zero-order valence-corrected chi connectivity index (χ0v) is 9.61. The molecule has 3 rings (SSSR count). The molecule has 1 aliphatic carbocycles. The van der Waals surface area contributed by atoms with Gasteiger partial charge in [0.05, 0.1) is 13.2 Å². The van der Waals surface area contributed by atoms with Crippen molar-refractivity contribution in [1.29, 1.82) is 0 Å². The van der Waals surface area contributed by atoms with Crippen LogP contribution in [0.5, 0.6) is 0 Å². The Balaban J connectivity index is 1.93. The number of hydrogen-bond donors (Lipinski definition) is 0. The molecule has 86 valence electrons. The second-order valence-electron chi connectivity index (χ2n) is 4.56. The molecule has 1 aromatic heterocycles. The van der Waals surface area contributed by atoms with Gasteiger partial charge in [-0.2, -0.15) is 0 Å². The highest BCUT2D eigenvalue weighted by Crippen LogP contribution is 2.29. The molecule has 0 N–H and O–H groups in total. The van der Waals surface area contributed by atoms with E-state index in [1.807, 2.05) is 6.20 Å². The molecule has 3 nitrogen and oxygen atoms in total. The number of ether oxygens (including phenoxy) is 1. The molecule has 1 aromatic rings. The first-order valence-electron chi connectivity index (χ1n) is 6.24. The van der Waals surface area contributed by atoms with E-state index in [-0.39, 0.29) is 0 Å². The Morgan fingerprint density at radius 2 is 1.94 bits per heavy atom. The average molecular weight is 218 g/mol. The minimum atomic E-state index is 0.858. The van der Waals surface area contributed by atoms with E-state index < -0.39 is 0 Å². The summed E-state index contributed by atoms with van der Waals surface area (Å²) in [5, 5.41) is 0.